The zero-order chi connectivity index (χ0) is 27.6. The fourth-order valence-electron chi connectivity index (χ4n) is 6.21. The minimum Gasteiger partial charge on any atom is -0.373 e. The predicted octanol–water partition coefficient (Wildman–Crippen LogP) is 4.60. The van der Waals surface area contributed by atoms with Crippen LogP contribution in [0.2, 0.25) is 0 Å². The van der Waals surface area contributed by atoms with Crippen molar-refractivity contribution >= 4 is 39.5 Å². The fourth-order valence-corrected chi connectivity index (χ4v) is 6.21. The fraction of sp³-hybridized carbons (Fsp3) is 0.345. The summed E-state index contributed by atoms with van der Waals surface area (Å²) in [6.45, 7) is -0.596. The smallest absolute Gasteiger partial charge is 0.320 e. The van der Waals surface area contributed by atoms with Crippen molar-refractivity contribution in [1.29, 1.82) is 0 Å². The Bertz CT molecular complexity index is 1720. The topological polar surface area (TPSA) is 72.1 Å². The number of alkyl halides is 2. The average Bonchev–Trinajstić information content (AvgIpc) is 3.54. The van der Waals surface area contributed by atoms with Crippen molar-refractivity contribution in [1.82, 2.24) is 23.8 Å². The highest BCUT2D eigenvalue weighted by molar-refractivity contribution is 6.31. The van der Waals surface area contributed by atoms with Crippen LogP contribution in [0, 0.1) is 5.82 Å². The lowest BCUT2D eigenvalue weighted by molar-refractivity contribution is -0.113. The first kappa shape index (κ1) is 24.9. The molecule has 0 unspecified atom stereocenters. The number of benzene rings is 1. The number of ketones is 1. The second-order valence-corrected chi connectivity index (χ2v) is 10.6. The highest BCUT2D eigenvalue weighted by atomic mass is 19.3. The minimum absolute atomic E-state index is 0.0141. The van der Waals surface area contributed by atoms with Crippen molar-refractivity contribution in [3.05, 3.63) is 71.6 Å². The van der Waals surface area contributed by atoms with Gasteiger partial charge in [0.05, 0.1) is 30.6 Å². The van der Waals surface area contributed by atoms with Crippen LogP contribution in [-0.2, 0) is 22.6 Å². The normalized spacial score (nSPS) is 19.5. The molecule has 206 valence electrons. The Kier molecular flexibility index (Phi) is 5.74. The van der Waals surface area contributed by atoms with Crippen LogP contribution in [0.1, 0.15) is 29.7 Å². The second-order valence-electron chi connectivity index (χ2n) is 10.6. The summed E-state index contributed by atoms with van der Waals surface area (Å²) >= 11 is 0. The molecule has 5 heterocycles. The standard InChI is InChI=1S/C29H26F3N5O3/c30-19-11-18-14-35(28(39)36-9-10-40-17-29(31,32)16-36)8-7-34-15-22(21(12-19)27(18)34)20-4-5-24(38)26(20)23-13-33-25-3-1-2-6-37(23)25/h1-3,6,11-13,15H,4-5,7-10,14,16-17H2. The van der Waals surface area contributed by atoms with E-state index in [4.69, 9.17) is 4.74 Å². The summed E-state index contributed by atoms with van der Waals surface area (Å²) in [5.74, 6) is -3.58. The SMILES string of the molecule is O=C1CCC(c2cn3c4c(cc(F)cc24)CN(C(=O)N2CCOCC(F)(F)C2)CC3)=C1c1cnc2ccccn12. The molecule has 1 saturated heterocycles. The van der Waals surface area contributed by atoms with E-state index in [2.05, 4.69) is 4.98 Å². The van der Waals surface area contributed by atoms with Gasteiger partial charge in [-0.2, -0.15) is 0 Å². The lowest BCUT2D eigenvalue weighted by Gasteiger charge is -2.30. The van der Waals surface area contributed by atoms with E-state index in [1.165, 1.54) is 17.0 Å². The minimum atomic E-state index is -3.13. The van der Waals surface area contributed by atoms with E-state index in [0.717, 1.165) is 27.2 Å². The van der Waals surface area contributed by atoms with Crippen LogP contribution in [0.25, 0.3) is 27.7 Å². The third kappa shape index (κ3) is 4.07. The molecule has 3 aliphatic rings. The monoisotopic (exact) mass is 549 g/mol. The third-order valence-corrected chi connectivity index (χ3v) is 7.95. The van der Waals surface area contributed by atoms with E-state index >= 15 is 4.39 Å². The van der Waals surface area contributed by atoms with Gasteiger partial charge in [0.2, 0.25) is 0 Å². The number of nitrogens with zero attached hydrogens (tertiary/aromatic N) is 5. The summed E-state index contributed by atoms with van der Waals surface area (Å²) in [5.41, 5.74) is 5.01. The van der Waals surface area contributed by atoms with Crippen molar-refractivity contribution in [2.75, 3.05) is 32.8 Å². The summed E-state index contributed by atoms with van der Waals surface area (Å²) in [5, 5.41) is 0.662. The number of allylic oxidation sites excluding steroid dienone is 2. The Morgan fingerprint density at radius 2 is 1.95 bits per heavy atom. The molecule has 8 nitrogen and oxygen atoms in total. The number of carbonyl (C=O) groups excluding carboxylic acids is 2. The van der Waals surface area contributed by atoms with E-state index in [9.17, 15) is 18.4 Å². The van der Waals surface area contributed by atoms with Gasteiger partial charge >= 0.3 is 6.03 Å². The number of pyridine rings is 1. The van der Waals surface area contributed by atoms with Gasteiger partial charge in [-0.15, -0.1) is 0 Å². The molecule has 3 aromatic heterocycles. The van der Waals surface area contributed by atoms with Crippen LogP contribution < -0.4 is 0 Å². The van der Waals surface area contributed by atoms with Gasteiger partial charge in [0.15, 0.2) is 5.78 Å². The first-order chi connectivity index (χ1) is 19.3. The molecule has 0 atom stereocenters. The first-order valence-corrected chi connectivity index (χ1v) is 13.3. The summed E-state index contributed by atoms with van der Waals surface area (Å²) in [6, 6.07) is 7.98. The average molecular weight is 550 g/mol. The molecule has 7 rings (SSSR count). The van der Waals surface area contributed by atoms with E-state index < -0.39 is 30.9 Å². The molecule has 2 amide bonds. The zero-order valence-electron chi connectivity index (χ0n) is 21.6. The number of amides is 2. The number of imidazole rings is 1. The van der Waals surface area contributed by atoms with Gasteiger partial charge in [0, 0.05) is 61.5 Å². The molecule has 0 spiro atoms. The predicted molar refractivity (Wildman–Crippen MR) is 141 cm³/mol. The molecule has 11 heteroatoms. The van der Waals surface area contributed by atoms with Crippen LogP contribution in [0.3, 0.4) is 0 Å². The number of halogens is 3. The van der Waals surface area contributed by atoms with Gasteiger partial charge in [0.25, 0.3) is 5.92 Å². The van der Waals surface area contributed by atoms with Gasteiger partial charge in [-0.3, -0.25) is 9.20 Å². The van der Waals surface area contributed by atoms with Gasteiger partial charge in [-0.25, -0.2) is 22.9 Å². The summed E-state index contributed by atoms with van der Waals surface area (Å²) in [6.07, 6.45) is 6.36. The highest BCUT2D eigenvalue weighted by Crippen LogP contribution is 2.42. The Balaban J connectivity index is 1.30. The maximum absolute atomic E-state index is 15.1. The number of ether oxygens (including phenoxy) is 1. The second kappa shape index (κ2) is 9.22. The number of Topliss-reactive ketones (excluding diaryl/α,β-unsaturated/α-hetero) is 1. The van der Waals surface area contributed by atoms with Crippen LogP contribution >= 0.6 is 0 Å². The van der Waals surface area contributed by atoms with Gasteiger partial charge in [-0.1, -0.05) is 6.07 Å². The first-order valence-electron chi connectivity index (χ1n) is 13.3. The van der Waals surface area contributed by atoms with Crippen LogP contribution in [-0.4, -0.2) is 74.3 Å². The molecule has 0 bridgehead atoms. The Hall–Kier alpha value is -4.12. The van der Waals surface area contributed by atoms with E-state index in [1.54, 1.807) is 6.20 Å². The molecular weight excluding hydrogens is 523 g/mol. The molecule has 0 radical (unpaired) electrons. The Morgan fingerprint density at radius 3 is 2.83 bits per heavy atom. The van der Waals surface area contributed by atoms with Crippen molar-refractivity contribution in [3.63, 3.8) is 0 Å². The number of rotatable bonds is 2. The molecule has 2 aliphatic heterocycles. The highest BCUT2D eigenvalue weighted by Gasteiger charge is 2.38. The maximum Gasteiger partial charge on any atom is 0.320 e. The Morgan fingerprint density at radius 1 is 1.07 bits per heavy atom. The van der Waals surface area contributed by atoms with Gasteiger partial charge in [-0.05, 0) is 41.8 Å². The van der Waals surface area contributed by atoms with Gasteiger partial charge < -0.3 is 19.1 Å². The van der Waals surface area contributed by atoms with E-state index in [1.807, 2.05) is 39.6 Å². The quantitative estimate of drug-likeness (QED) is 0.366. The summed E-state index contributed by atoms with van der Waals surface area (Å²) < 4.78 is 52.2. The number of carbonyl (C=O) groups is 2. The maximum atomic E-state index is 15.1. The van der Waals surface area contributed by atoms with Crippen LogP contribution in [0.5, 0.6) is 0 Å². The van der Waals surface area contributed by atoms with Crippen molar-refractivity contribution < 1.29 is 27.5 Å². The molecule has 0 N–H and O–H groups in total. The van der Waals surface area contributed by atoms with Crippen LogP contribution in [0.15, 0.2) is 48.9 Å². The molecule has 4 aromatic rings. The number of urea groups is 1. The van der Waals surface area contributed by atoms with Gasteiger partial charge in [0.1, 0.15) is 18.1 Å². The molecule has 1 aromatic carbocycles. The molecule has 0 saturated carbocycles. The Labute approximate surface area is 227 Å². The molecule has 1 aliphatic carbocycles. The van der Waals surface area contributed by atoms with Crippen molar-refractivity contribution in [2.24, 2.45) is 0 Å². The zero-order valence-corrected chi connectivity index (χ0v) is 21.6. The lowest BCUT2D eigenvalue weighted by atomic mass is 9.98. The van der Waals surface area contributed by atoms with E-state index in [0.29, 0.717) is 41.6 Å². The van der Waals surface area contributed by atoms with Crippen molar-refractivity contribution in [3.8, 4) is 0 Å². The number of aromatic nitrogens is 3. The van der Waals surface area contributed by atoms with Crippen LogP contribution in [0.4, 0.5) is 18.0 Å². The molecular formula is C29H26F3N5O3. The van der Waals surface area contributed by atoms with E-state index in [-0.39, 0.29) is 32.0 Å². The third-order valence-electron chi connectivity index (χ3n) is 7.95. The number of hydrogen-bond donors (Lipinski definition) is 0. The molecule has 40 heavy (non-hydrogen) atoms. The number of hydrogen-bond acceptors (Lipinski definition) is 4. The largest absolute Gasteiger partial charge is 0.373 e. The molecule has 1 fully saturated rings. The van der Waals surface area contributed by atoms with Crippen molar-refractivity contribution in [2.45, 2.75) is 31.9 Å². The lowest BCUT2D eigenvalue weighted by Crippen LogP contribution is -2.48. The summed E-state index contributed by atoms with van der Waals surface area (Å²) in [7, 11) is 0. The summed E-state index contributed by atoms with van der Waals surface area (Å²) in [4.78, 5) is 33.5. The number of fused-ring (bicyclic) bond motifs is 1.